The fourth-order valence-electron chi connectivity index (χ4n) is 3.01. The highest BCUT2D eigenvalue weighted by atomic mass is 19.2. The summed E-state index contributed by atoms with van der Waals surface area (Å²) in [4.78, 5) is 2.23. The van der Waals surface area contributed by atoms with E-state index in [0.29, 0.717) is 18.9 Å². The minimum absolute atomic E-state index is 0.0268. The van der Waals surface area contributed by atoms with Crippen molar-refractivity contribution in [2.24, 2.45) is 5.92 Å². The van der Waals surface area contributed by atoms with Crippen LogP contribution in [0.25, 0.3) is 0 Å². The molecule has 2 unspecified atom stereocenters. The molecular formula is C16H23F2NO2. The number of aliphatic hydroxyl groups is 2. The van der Waals surface area contributed by atoms with Crippen LogP contribution in [0, 0.1) is 17.6 Å². The van der Waals surface area contributed by atoms with Crippen LogP contribution in [0.1, 0.15) is 37.4 Å². The van der Waals surface area contributed by atoms with E-state index in [1.54, 1.807) is 0 Å². The molecule has 1 saturated heterocycles. The van der Waals surface area contributed by atoms with Crippen molar-refractivity contribution in [1.82, 2.24) is 4.90 Å². The lowest BCUT2D eigenvalue weighted by Gasteiger charge is -2.33. The summed E-state index contributed by atoms with van der Waals surface area (Å²) in [5.41, 5.74) is 0.0268. The van der Waals surface area contributed by atoms with Crippen molar-refractivity contribution in [3.63, 3.8) is 0 Å². The van der Waals surface area contributed by atoms with Crippen LogP contribution < -0.4 is 0 Å². The van der Waals surface area contributed by atoms with Crippen LogP contribution in [0.4, 0.5) is 8.78 Å². The molecule has 2 N–H and O–H groups in total. The standard InChI is InChI=1S/C16H23F2NO2/c17-14-5-1-4-13(16(14)18)15(21)6-9-19-8-2-3-12(11-19)7-10-20/h1,4-5,12,15,20-21H,2-3,6-11H2. The van der Waals surface area contributed by atoms with Crippen molar-refractivity contribution < 1.29 is 19.0 Å². The van der Waals surface area contributed by atoms with E-state index >= 15 is 0 Å². The van der Waals surface area contributed by atoms with Gasteiger partial charge in [-0.05, 0) is 44.2 Å². The molecule has 2 rings (SSSR count). The molecule has 1 aliphatic heterocycles. The van der Waals surface area contributed by atoms with Gasteiger partial charge in [-0.15, -0.1) is 0 Å². The van der Waals surface area contributed by atoms with Gasteiger partial charge in [0, 0.05) is 25.3 Å². The van der Waals surface area contributed by atoms with Crippen LogP contribution in [0.5, 0.6) is 0 Å². The first-order valence-electron chi connectivity index (χ1n) is 7.57. The molecule has 0 bridgehead atoms. The van der Waals surface area contributed by atoms with Gasteiger partial charge >= 0.3 is 0 Å². The van der Waals surface area contributed by atoms with Gasteiger partial charge in [-0.2, -0.15) is 0 Å². The second-order valence-electron chi connectivity index (χ2n) is 5.77. The SMILES string of the molecule is OCCC1CCCN(CCC(O)c2cccc(F)c2F)C1. The molecule has 0 radical (unpaired) electrons. The normalized spacial score (nSPS) is 21.4. The molecule has 0 aliphatic carbocycles. The van der Waals surface area contributed by atoms with Gasteiger partial charge in [-0.25, -0.2) is 8.78 Å². The van der Waals surface area contributed by atoms with E-state index < -0.39 is 17.7 Å². The molecule has 0 aromatic heterocycles. The Kier molecular flexibility index (Phi) is 6.08. The average molecular weight is 299 g/mol. The molecule has 1 aromatic carbocycles. The molecular weight excluding hydrogens is 276 g/mol. The zero-order chi connectivity index (χ0) is 15.2. The summed E-state index contributed by atoms with van der Waals surface area (Å²) in [7, 11) is 0. The third-order valence-electron chi connectivity index (χ3n) is 4.20. The number of piperidine rings is 1. The van der Waals surface area contributed by atoms with Crippen molar-refractivity contribution >= 4 is 0 Å². The summed E-state index contributed by atoms with van der Waals surface area (Å²) >= 11 is 0. The van der Waals surface area contributed by atoms with E-state index in [9.17, 15) is 13.9 Å². The first-order chi connectivity index (χ1) is 10.1. The number of hydrogen-bond acceptors (Lipinski definition) is 3. The van der Waals surface area contributed by atoms with E-state index in [1.165, 1.54) is 12.1 Å². The second-order valence-corrected chi connectivity index (χ2v) is 5.77. The van der Waals surface area contributed by atoms with E-state index in [-0.39, 0.29) is 12.2 Å². The zero-order valence-corrected chi connectivity index (χ0v) is 12.1. The monoisotopic (exact) mass is 299 g/mol. The van der Waals surface area contributed by atoms with Gasteiger partial charge in [0.05, 0.1) is 6.10 Å². The van der Waals surface area contributed by atoms with Gasteiger partial charge in [0.2, 0.25) is 0 Å². The van der Waals surface area contributed by atoms with Crippen molar-refractivity contribution in [3.05, 3.63) is 35.4 Å². The fraction of sp³-hybridized carbons (Fsp3) is 0.625. The molecule has 1 aliphatic rings. The smallest absolute Gasteiger partial charge is 0.164 e. The Bertz CT molecular complexity index is 454. The highest BCUT2D eigenvalue weighted by Crippen LogP contribution is 2.24. The summed E-state index contributed by atoms with van der Waals surface area (Å²) < 4.78 is 26.8. The molecule has 0 saturated carbocycles. The maximum atomic E-state index is 13.6. The Balaban J connectivity index is 1.86. The first kappa shape index (κ1) is 16.3. The highest BCUT2D eigenvalue weighted by molar-refractivity contribution is 5.21. The van der Waals surface area contributed by atoms with Crippen LogP contribution in [-0.4, -0.2) is 41.4 Å². The predicted octanol–water partition coefficient (Wildman–Crippen LogP) is 2.48. The van der Waals surface area contributed by atoms with Crippen LogP contribution in [-0.2, 0) is 0 Å². The third kappa shape index (κ3) is 4.46. The number of rotatable bonds is 6. The number of hydrogen-bond donors (Lipinski definition) is 2. The first-order valence-corrected chi connectivity index (χ1v) is 7.57. The number of halogens is 2. The van der Waals surface area contributed by atoms with Crippen molar-refractivity contribution in [3.8, 4) is 0 Å². The van der Waals surface area contributed by atoms with Gasteiger partial charge in [0.15, 0.2) is 11.6 Å². The van der Waals surface area contributed by atoms with Crippen LogP contribution in [0.15, 0.2) is 18.2 Å². The van der Waals surface area contributed by atoms with Crippen LogP contribution in [0.2, 0.25) is 0 Å². The summed E-state index contributed by atoms with van der Waals surface area (Å²) in [6, 6.07) is 3.89. The van der Waals surface area contributed by atoms with E-state index in [4.69, 9.17) is 5.11 Å². The van der Waals surface area contributed by atoms with Crippen molar-refractivity contribution in [2.75, 3.05) is 26.2 Å². The Morgan fingerprint density at radius 3 is 2.90 bits per heavy atom. The number of benzene rings is 1. The molecule has 0 amide bonds. The maximum absolute atomic E-state index is 13.6. The number of nitrogens with zero attached hydrogens (tertiary/aromatic N) is 1. The van der Waals surface area contributed by atoms with Gasteiger partial charge in [-0.1, -0.05) is 12.1 Å². The summed E-state index contributed by atoms with van der Waals surface area (Å²) in [6.07, 6.45) is 2.40. The van der Waals surface area contributed by atoms with Crippen LogP contribution in [0.3, 0.4) is 0 Å². The quantitative estimate of drug-likeness (QED) is 0.848. The lowest BCUT2D eigenvalue weighted by atomic mass is 9.94. The topological polar surface area (TPSA) is 43.7 Å². The molecule has 1 aromatic rings. The Morgan fingerprint density at radius 1 is 1.33 bits per heavy atom. The molecule has 5 heteroatoms. The molecule has 21 heavy (non-hydrogen) atoms. The molecule has 1 heterocycles. The van der Waals surface area contributed by atoms with Gasteiger partial charge in [0.1, 0.15) is 0 Å². The van der Waals surface area contributed by atoms with E-state index in [2.05, 4.69) is 4.90 Å². The lowest BCUT2D eigenvalue weighted by molar-refractivity contribution is 0.108. The Hall–Kier alpha value is -1.04. The van der Waals surface area contributed by atoms with Crippen molar-refractivity contribution in [1.29, 1.82) is 0 Å². The van der Waals surface area contributed by atoms with Crippen molar-refractivity contribution in [2.45, 2.75) is 31.8 Å². The fourth-order valence-corrected chi connectivity index (χ4v) is 3.01. The average Bonchev–Trinajstić information content (AvgIpc) is 2.48. The van der Waals surface area contributed by atoms with Gasteiger partial charge in [-0.3, -0.25) is 0 Å². The lowest BCUT2D eigenvalue weighted by Crippen LogP contribution is -2.36. The number of aliphatic hydroxyl groups excluding tert-OH is 2. The zero-order valence-electron chi connectivity index (χ0n) is 12.1. The highest BCUT2D eigenvalue weighted by Gasteiger charge is 2.21. The minimum Gasteiger partial charge on any atom is -0.396 e. The maximum Gasteiger partial charge on any atom is 0.164 e. The molecule has 118 valence electrons. The molecule has 1 fully saturated rings. The van der Waals surface area contributed by atoms with Gasteiger partial charge < -0.3 is 15.1 Å². The van der Waals surface area contributed by atoms with E-state index in [0.717, 1.165) is 38.4 Å². The summed E-state index contributed by atoms with van der Waals surface area (Å²) in [5, 5.41) is 19.0. The van der Waals surface area contributed by atoms with Gasteiger partial charge in [0.25, 0.3) is 0 Å². The molecule has 0 spiro atoms. The largest absolute Gasteiger partial charge is 0.396 e. The Morgan fingerprint density at radius 2 is 2.14 bits per heavy atom. The minimum atomic E-state index is -0.987. The number of likely N-dealkylation sites (tertiary alicyclic amines) is 1. The summed E-state index contributed by atoms with van der Waals surface area (Å²) in [6.45, 7) is 2.72. The Labute approximate surface area is 124 Å². The second kappa shape index (κ2) is 7.82. The molecule has 3 nitrogen and oxygen atoms in total. The van der Waals surface area contributed by atoms with E-state index in [1.807, 2.05) is 0 Å². The summed E-state index contributed by atoms with van der Waals surface area (Å²) in [5.74, 6) is -1.39. The predicted molar refractivity (Wildman–Crippen MR) is 76.8 cm³/mol. The van der Waals surface area contributed by atoms with Crippen LogP contribution >= 0.6 is 0 Å². The third-order valence-corrected chi connectivity index (χ3v) is 4.20. The molecule has 2 atom stereocenters.